The minimum Gasteiger partial charge on any atom is -0.449 e. The number of nitrogens with one attached hydrogen (secondary N) is 1. The lowest BCUT2D eigenvalue weighted by atomic mass is 10.2. The first kappa shape index (κ1) is 17.5. The van der Waals surface area contributed by atoms with E-state index in [1.54, 1.807) is 42.5 Å². The fourth-order valence-electron chi connectivity index (χ4n) is 1.82. The average molecular weight is 397 g/mol. The van der Waals surface area contributed by atoms with Crippen LogP contribution in [0.25, 0.3) is 0 Å². The summed E-state index contributed by atoms with van der Waals surface area (Å²) in [6.07, 6.45) is -0.935. The first-order valence-electron chi connectivity index (χ1n) is 6.91. The molecule has 1 unspecified atom stereocenters. The molecule has 120 valence electrons. The maximum atomic E-state index is 12.1. The standard InChI is InChI=1S/C17H15BrClNO3/c1-10-7-8-12(9-15(10)19)20-16(21)11(2)23-17(22)13-5-3-4-6-14(13)18/h3-9,11H,1-2H3,(H,20,21). The van der Waals surface area contributed by atoms with Crippen molar-refractivity contribution in [2.24, 2.45) is 0 Å². The van der Waals surface area contributed by atoms with E-state index in [0.717, 1.165) is 5.56 Å². The van der Waals surface area contributed by atoms with Gasteiger partial charge in [-0.3, -0.25) is 4.79 Å². The van der Waals surface area contributed by atoms with E-state index >= 15 is 0 Å². The molecule has 0 saturated heterocycles. The third kappa shape index (κ3) is 4.56. The van der Waals surface area contributed by atoms with E-state index in [-0.39, 0.29) is 0 Å². The predicted octanol–water partition coefficient (Wildman–Crippen LogP) is 4.59. The van der Waals surface area contributed by atoms with Crippen molar-refractivity contribution < 1.29 is 14.3 Å². The molecule has 0 fully saturated rings. The summed E-state index contributed by atoms with van der Waals surface area (Å²) < 4.78 is 5.81. The van der Waals surface area contributed by atoms with E-state index < -0.39 is 18.0 Å². The van der Waals surface area contributed by atoms with Gasteiger partial charge >= 0.3 is 5.97 Å². The molecule has 0 radical (unpaired) electrons. The van der Waals surface area contributed by atoms with Gasteiger partial charge in [0.25, 0.3) is 5.91 Å². The Morgan fingerprint density at radius 1 is 1.22 bits per heavy atom. The number of hydrogen-bond donors (Lipinski definition) is 1. The molecule has 0 heterocycles. The van der Waals surface area contributed by atoms with E-state index in [4.69, 9.17) is 16.3 Å². The Hall–Kier alpha value is -1.85. The number of carbonyl (C=O) groups is 2. The van der Waals surface area contributed by atoms with Crippen molar-refractivity contribution in [3.8, 4) is 0 Å². The number of aryl methyl sites for hydroxylation is 1. The molecular weight excluding hydrogens is 382 g/mol. The Balaban J connectivity index is 2.01. The number of hydrogen-bond acceptors (Lipinski definition) is 3. The van der Waals surface area contributed by atoms with Gasteiger partial charge in [0.2, 0.25) is 0 Å². The molecule has 23 heavy (non-hydrogen) atoms. The fraction of sp³-hybridized carbons (Fsp3) is 0.176. The fourth-order valence-corrected chi connectivity index (χ4v) is 2.45. The van der Waals surface area contributed by atoms with Gasteiger partial charge in [-0.25, -0.2) is 4.79 Å². The monoisotopic (exact) mass is 395 g/mol. The number of halogens is 2. The number of ether oxygens (including phenoxy) is 1. The van der Waals surface area contributed by atoms with Crippen LogP contribution < -0.4 is 5.32 Å². The van der Waals surface area contributed by atoms with E-state index in [1.165, 1.54) is 6.92 Å². The molecule has 0 bridgehead atoms. The van der Waals surface area contributed by atoms with Crippen molar-refractivity contribution in [3.05, 3.63) is 63.1 Å². The number of esters is 1. The molecule has 6 heteroatoms. The van der Waals surface area contributed by atoms with Crippen molar-refractivity contribution in [3.63, 3.8) is 0 Å². The van der Waals surface area contributed by atoms with Gasteiger partial charge in [-0.05, 0) is 59.6 Å². The van der Waals surface area contributed by atoms with Crippen LogP contribution in [0.4, 0.5) is 5.69 Å². The lowest BCUT2D eigenvalue weighted by molar-refractivity contribution is -0.123. The van der Waals surface area contributed by atoms with Crippen LogP contribution in [0.3, 0.4) is 0 Å². The van der Waals surface area contributed by atoms with Gasteiger partial charge < -0.3 is 10.1 Å². The molecular formula is C17H15BrClNO3. The minimum atomic E-state index is -0.935. The summed E-state index contributed by atoms with van der Waals surface area (Å²) in [6.45, 7) is 3.38. The molecule has 1 atom stereocenters. The highest BCUT2D eigenvalue weighted by molar-refractivity contribution is 9.10. The number of benzene rings is 2. The summed E-state index contributed by atoms with van der Waals surface area (Å²) in [5.74, 6) is -0.993. The van der Waals surface area contributed by atoms with Crippen molar-refractivity contribution >= 4 is 45.1 Å². The van der Waals surface area contributed by atoms with Gasteiger partial charge in [-0.2, -0.15) is 0 Å². The van der Waals surface area contributed by atoms with E-state index in [1.807, 2.05) is 6.92 Å². The molecule has 2 aromatic rings. The summed E-state index contributed by atoms with van der Waals surface area (Å²) >= 11 is 9.29. The Bertz CT molecular complexity index is 748. The molecule has 0 aromatic heterocycles. The molecule has 0 spiro atoms. The van der Waals surface area contributed by atoms with Crippen LogP contribution in [-0.4, -0.2) is 18.0 Å². The molecule has 2 rings (SSSR count). The van der Waals surface area contributed by atoms with Crippen LogP contribution in [0.1, 0.15) is 22.8 Å². The van der Waals surface area contributed by atoms with E-state index in [0.29, 0.717) is 20.7 Å². The first-order valence-corrected chi connectivity index (χ1v) is 8.08. The van der Waals surface area contributed by atoms with Crippen LogP contribution >= 0.6 is 27.5 Å². The second-order valence-corrected chi connectivity index (χ2v) is 6.24. The SMILES string of the molecule is Cc1ccc(NC(=O)C(C)OC(=O)c2ccccc2Br)cc1Cl. The van der Waals surface area contributed by atoms with Gasteiger partial charge in [-0.1, -0.05) is 29.8 Å². The van der Waals surface area contributed by atoms with Gasteiger partial charge in [0.15, 0.2) is 6.10 Å². The minimum absolute atomic E-state index is 0.366. The summed E-state index contributed by atoms with van der Waals surface area (Å²) in [6, 6.07) is 12.1. The van der Waals surface area contributed by atoms with Crippen LogP contribution in [-0.2, 0) is 9.53 Å². The summed E-state index contributed by atoms with van der Waals surface area (Å²) in [5, 5.41) is 3.23. The molecule has 0 aliphatic heterocycles. The molecule has 0 saturated carbocycles. The van der Waals surface area contributed by atoms with Crippen LogP contribution in [0, 0.1) is 6.92 Å². The van der Waals surface area contributed by atoms with Gasteiger partial charge in [0.1, 0.15) is 0 Å². The van der Waals surface area contributed by atoms with Crippen LogP contribution in [0.15, 0.2) is 46.9 Å². The van der Waals surface area contributed by atoms with E-state index in [2.05, 4.69) is 21.2 Å². The Morgan fingerprint density at radius 2 is 1.91 bits per heavy atom. The highest BCUT2D eigenvalue weighted by Gasteiger charge is 2.20. The maximum Gasteiger partial charge on any atom is 0.340 e. The smallest absolute Gasteiger partial charge is 0.340 e. The van der Waals surface area contributed by atoms with E-state index in [9.17, 15) is 9.59 Å². The normalized spacial score (nSPS) is 11.7. The maximum absolute atomic E-state index is 12.1. The van der Waals surface area contributed by atoms with Gasteiger partial charge in [-0.15, -0.1) is 0 Å². The molecule has 0 aliphatic rings. The zero-order chi connectivity index (χ0) is 17.0. The molecule has 1 amide bonds. The Morgan fingerprint density at radius 3 is 2.57 bits per heavy atom. The highest BCUT2D eigenvalue weighted by Crippen LogP contribution is 2.21. The average Bonchev–Trinajstić information content (AvgIpc) is 2.51. The largest absolute Gasteiger partial charge is 0.449 e. The second kappa shape index (κ2) is 7.62. The molecule has 1 N–H and O–H groups in total. The molecule has 2 aromatic carbocycles. The number of rotatable bonds is 4. The van der Waals surface area contributed by atoms with Crippen molar-refractivity contribution in [1.82, 2.24) is 0 Å². The summed E-state index contributed by atoms with van der Waals surface area (Å²) in [7, 11) is 0. The topological polar surface area (TPSA) is 55.4 Å². The quantitative estimate of drug-likeness (QED) is 0.769. The first-order chi connectivity index (χ1) is 10.9. The molecule has 4 nitrogen and oxygen atoms in total. The van der Waals surface area contributed by atoms with Crippen molar-refractivity contribution in [2.45, 2.75) is 20.0 Å². The Kier molecular flexibility index (Phi) is 5.80. The van der Waals surface area contributed by atoms with Gasteiger partial charge in [0, 0.05) is 15.2 Å². The third-order valence-electron chi connectivity index (χ3n) is 3.19. The van der Waals surface area contributed by atoms with Crippen molar-refractivity contribution in [2.75, 3.05) is 5.32 Å². The number of amides is 1. The highest BCUT2D eigenvalue weighted by atomic mass is 79.9. The zero-order valence-corrected chi connectivity index (χ0v) is 14.9. The Labute approximate surface area is 147 Å². The predicted molar refractivity (Wildman–Crippen MR) is 93.8 cm³/mol. The zero-order valence-electron chi connectivity index (χ0n) is 12.6. The third-order valence-corrected chi connectivity index (χ3v) is 4.28. The second-order valence-electron chi connectivity index (χ2n) is 4.98. The molecule has 0 aliphatic carbocycles. The van der Waals surface area contributed by atoms with Gasteiger partial charge in [0.05, 0.1) is 5.56 Å². The van der Waals surface area contributed by atoms with Crippen LogP contribution in [0.5, 0.6) is 0 Å². The van der Waals surface area contributed by atoms with Crippen molar-refractivity contribution in [1.29, 1.82) is 0 Å². The van der Waals surface area contributed by atoms with Crippen LogP contribution in [0.2, 0.25) is 5.02 Å². The summed E-state index contributed by atoms with van der Waals surface area (Å²) in [5.41, 5.74) is 1.83. The lowest BCUT2D eigenvalue weighted by Gasteiger charge is -2.14. The lowest BCUT2D eigenvalue weighted by Crippen LogP contribution is -2.30. The number of anilines is 1. The number of carbonyl (C=O) groups excluding carboxylic acids is 2. The summed E-state index contributed by atoms with van der Waals surface area (Å²) in [4.78, 5) is 24.2.